The van der Waals surface area contributed by atoms with Crippen molar-refractivity contribution in [1.29, 1.82) is 0 Å². The summed E-state index contributed by atoms with van der Waals surface area (Å²) >= 11 is 0. The van der Waals surface area contributed by atoms with Crippen molar-refractivity contribution in [2.24, 2.45) is 0 Å². The average Bonchev–Trinajstić information content (AvgIpc) is 3.19. The summed E-state index contributed by atoms with van der Waals surface area (Å²) in [5, 5.41) is 5.77. The van der Waals surface area contributed by atoms with Crippen molar-refractivity contribution in [1.82, 2.24) is 10.6 Å². The molecule has 0 radical (unpaired) electrons. The molecular weight excluding hydrogens is 343 g/mol. The predicted molar refractivity (Wildman–Crippen MR) is 102 cm³/mol. The van der Waals surface area contributed by atoms with Gasteiger partial charge in [-0.05, 0) is 36.1 Å². The van der Waals surface area contributed by atoms with Crippen LogP contribution in [0.1, 0.15) is 43.2 Å². The molecule has 1 aliphatic rings. The van der Waals surface area contributed by atoms with Crippen molar-refractivity contribution in [2.75, 3.05) is 6.54 Å². The van der Waals surface area contributed by atoms with E-state index in [-0.39, 0.29) is 24.1 Å². The van der Waals surface area contributed by atoms with Crippen LogP contribution in [0.15, 0.2) is 54.6 Å². The lowest BCUT2D eigenvalue weighted by molar-refractivity contribution is -0.127. The molecule has 5 heteroatoms. The van der Waals surface area contributed by atoms with Crippen molar-refractivity contribution in [3.63, 3.8) is 0 Å². The normalized spacial score (nSPS) is 15.3. The first-order valence-corrected chi connectivity index (χ1v) is 9.45. The lowest BCUT2D eigenvalue weighted by atomic mass is 9.78. The van der Waals surface area contributed by atoms with Crippen molar-refractivity contribution in [3.05, 3.63) is 71.5 Å². The van der Waals surface area contributed by atoms with E-state index in [1.54, 1.807) is 12.1 Å². The topological polar surface area (TPSA) is 58.2 Å². The molecule has 0 heterocycles. The number of carbonyl (C=O) groups excluding carboxylic acids is 2. The number of carbonyl (C=O) groups is 2. The van der Waals surface area contributed by atoms with Gasteiger partial charge in [0.15, 0.2) is 0 Å². The number of halogens is 1. The molecule has 0 aromatic heterocycles. The highest BCUT2D eigenvalue weighted by Gasteiger charge is 2.42. The third kappa shape index (κ3) is 4.73. The van der Waals surface area contributed by atoms with Crippen LogP contribution in [0.3, 0.4) is 0 Å². The Hall–Kier alpha value is -2.69. The average molecular weight is 368 g/mol. The van der Waals surface area contributed by atoms with E-state index in [9.17, 15) is 14.0 Å². The summed E-state index contributed by atoms with van der Waals surface area (Å²) in [5.74, 6) is -0.466. The Morgan fingerprint density at radius 2 is 1.59 bits per heavy atom. The fraction of sp³-hybridized carbons (Fsp3) is 0.364. The zero-order valence-corrected chi connectivity index (χ0v) is 15.3. The van der Waals surface area contributed by atoms with E-state index in [0.29, 0.717) is 13.1 Å². The van der Waals surface area contributed by atoms with E-state index in [0.717, 1.165) is 36.8 Å². The van der Waals surface area contributed by atoms with Crippen LogP contribution in [0.25, 0.3) is 0 Å². The third-order valence-corrected chi connectivity index (χ3v) is 5.26. The second kappa shape index (κ2) is 8.80. The maximum absolute atomic E-state index is 13.2. The molecule has 1 fully saturated rings. The summed E-state index contributed by atoms with van der Waals surface area (Å²) in [6, 6.07) is 15.9. The lowest BCUT2D eigenvalue weighted by Gasteiger charge is -2.28. The first-order valence-electron chi connectivity index (χ1n) is 9.45. The first kappa shape index (κ1) is 19.1. The van der Waals surface area contributed by atoms with Gasteiger partial charge in [-0.2, -0.15) is 0 Å². The van der Waals surface area contributed by atoms with Crippen LogP contribution >= 0.6 is 0 Å². The molecule has 0 aliphatic heterocycles. The first-order chi connectivity index (χ1) is 13.1. The monoisotopic (exact) mass is 368 g/mol. The van der Waals surface area contributed by atoms with Crippen LogP contribution in [-0.4, -0.2) is 18.4 Å². The second-order valence-electron chi connectivity index (χ2n) is 7.06. The van der Waals surface area contributed by atoms with Gasteiger partial charge in [0, 0.05) is 19.5 Å². The third-order valence-electron chi connectivity index (χ3n) is 5.26. The van der Waals surface area contributed by atoms with Gasteiger partial charge in [0.1, 0.15) is 5.82 Å². The fourth-order valence-corrected chi connectivity index (χ4v) is 3.74. The van der Waals surface area contributed by atoms with Gasteiger partial charge >= 0.3 is 0 Å². The lowest BCUT2D eigenvalue weighted by Crippen LogP contribution is -2.43. The number of amides is 2. The van der Waals surface area contributed by atoms with Gasteiger partial charge in [0.2, 0.25) is 11.8 Å². The predicted octanol–water partition coefficient (Wildman–Crippen LogP) is 3.46. The zero-order valence-electron chi connectivity index (χ0n) is 15.3. The Kier molecular flexibility index (Phi) is 6.22. The van der Waals surface area contributed by atoms with E-state index in [2.05, 4.69) is 10.6 Å². The van der Waals surface area contributed by atoms with Crippen LogP contribution in [0, 0.1) is 5.82 Å². The summed E-state index contributed by atoms with van der Waals surface area (Å²) in [5.41, 5.74) is 1.29. The number of nitrogens with one attached hydrogen (secondary N) is 2. The van der Waals surface area contributed by atoms with Crippen molar-refractivity contribution in [2.45, 2.75) is 44.1 Å². The number of hydrogen-bond donors (Lipinski definition) is 2. The molecule has 2 aromatic carbocycles. The van der Waals surface area contributed by atoms with Crippen LogP contribution in [0.2, 0.25) is 0 Å². The smallest absolute Gasteiger partial charge is 0.230 e. The molecule has 2 amide bonds. The molecule has 27 heavy (non-hydrogen) atoms. The van der Waals surface area contributed by atoms with E-state index < -0.39 is 5.41 Å². The largest absolute Gasteiger partial charge is 0.355 e. The number of benzene rings is 2. The van der Waals surface area contributed by atoms with E-state index in [1.807, 2.05) is 30.3 Å². The molecule has 4 nitrogen and oxygen atoms in total. The molecule has 0 spiro atoms. The highest BCUT2D eigenvalue weighted by Crippen LogP contribution is 2.41. The molecule has 0 atom stereocenters. The molecule has 0 unspecified atom stereocenters. The molecule has 1 aliphatic carbocycles. The minimum atomic E-state index is -0.603. The van der Waals surface area contributed by atoms with E-state index >= 15 is 0 Å². The van der Waals surface area contributed by atoms with E-state index in [4.69, 9.17) is 0 Å². The van der Waals surface area contributed by atoms with Gasteiger partial charge in [0.25, 0.3) is 0 Å². The Balaban J connectivity index is 1.51. The van der Waals surface area contributed by atoms with Crippen LogP contribution < -0.4 is 10.6 Å². The number of hydrogen-bond acceptors (Lipinski definition) is 2. The summed E-state index contributed by atoms with van der Waals surface area (Å²) in [4.78, 5) is 24.9. The van der Waals surface area contributed by atoms with Crippen molar-refractivity contribution in [3.8, 4) is 0 Å². The molecule has 3 rings (SSSR count). The summed E-state index contributed by atoms with van der Waals surface area (Å²) in [7, 11) is 0. The van der Waals surface area contributed by atoms with Crippen LogP contribution in [0.4, 0.5) is 4.39 Å². The van der Waals surface area contributed by atoms with Gasteiger partial charge in [-0.25, -0.2) is 4.39 Å². The maximum Gasteiger partial charge on any atom is 0.230 e. The second-order valence-corrected chi connectivity index (χ2v) is 7.06. The van der Waals surface area contributed by atoms with Gasteiger partial charge in [0.05, 0.1) is 5.41 Å². The summed E-state index contributed by atoms with van der Waals surface area (Å²) in [6.45, 7) is 0.773. The summed E-state index contributed by atoms with van der Waals surface area (Å²) < 4.78 is 13.2. The Morgan fingerprint density at radius 3 is 2.26 bits per heavy atom. The van der Waals surface area contributed by atoms with Crippen LogP contribution in [0.5, 0.6) is 0 Å². The molecule has 2 aromatic rings. The Labute approximate surface area is 159 Å². The van der Waals surface area contributed by atoms with Gasteiger partial charge in [-0.3, -0.25) is 9.59 Å². The molecule has 142 valence electrons. The van der Waals surface area contributed by atoms with Crippen molar-refractivity contribution < 1.29 is 14.0 Å². The van der Waals surface area contributed by atoms with E-state index in [1.165, 1.54) is 12.1 Å². The Bertz CT molecular complexity index is 769. The summed E-state index contributed by atoms with van der Waals surface area (Å²) in [6.07, 6.45) is 3.69. The zero-order chi connectivity index (χ0) is 19.1. The highest BCUT2D eigenvalue weighted by atomic mass is 19.1. The molecule has 1 saturated carbocycles. The maximum atomic E-state index is 13.2. The van der Waals surface area contributed by atoms with Gasteiger partial charge in [-0.15, -0.1) is 0 Å². The minimum absolute atomic E-state index is 0.0672. The SMILES string of the molecule is O=C(CCNC(=O)C1(c2ccc(F)cc2)CCCC1)NCc1ccccc1. The van der Waals surface area contributed by atoms with Crippen LogP contribution in [-0.2, 0) is 21.5 Å². The van der Waals surface area contributed by atoms with Gasteiger partial charge < -0.3 is 10.6 Å². The quantitative estimate of drug-likeness (QED) is 0.786. The number of rotatable bonds is 7. The molecular formula is C22H25FN2O2. The highest BCUT2D eigenvalue weighted by molar-refractivity contribution is 5.89. The molecule has 0 bridgehead atoms. The molecule has 2 N–H and O–H groups in total. The minimum Gasteiger partial charge on any atom is -0.355 e. The van der Waals surface area contributed by atoms with Crippen molar-refractivity contribution >= 4 is 11.8 Å². The van der Waals surface area contributed by atoms with Gasteiger partial charge in [-0.1, -0.05) is 55.3 Å². The fourth-order valence-electron chi connectivity index (χ4n) is 3.74. The Morgan fingerprint density at radius 1 is 0.926 bits per heavy atom. The molecule has 0 saturated heterocycles. The standard InChI is InChI=1S/C22H25FN2O2/c23-19-10-8-18(9-11-19)22(13-4-5-14-22)21(27)24-15-12-20(26)25-16-17-6-2-1-3-7-17/h1-3,6-11H,4-5,12-16H2,(H,24,27)(H,25,26).